The number of benzene rings is 4. The van der Waals surface area contributed by atoms with Gasteiger partial charge in [-0.2, -0.15) is 0 Å². The standard InChI is InChI=1S/C35H35NO/c1-21-13-14-25-24(17-21)18-28-33-32-27(15-16-36-33)31-23(11-8-12-26(31)22-9-6-5-7-10-22)19-30(32)37-34(28)29(25)20-35(2,3)4/h8,11-19,22H,5-7,9-10,20H2,1-4H3. The second kappa shape index (κ2) is 8.31. The largest absolute Gasteiger partial charge is 0.456 e. The first-order valence-corrected chi connectivity index (χ1v) is 14.0. The van der Waals surface area contributed by atoms with Gasteiger partial charge in [-0.3, -0.25) is 4.98 Å². The molecular weight excluding hydrogens is 450 g/mol. The van der Waals surface area contributed by atoms with E-state index >= 15 is 0 Å². The quantitative estimate of drug-likeness (QED) is 0.228. The van der Waals surface area contributed by atoms with Gasteiger partial charge in [0, 0.05) is 17.3 Å². The molecule has 1 fully saturated rings. The van der Waals surface area contributed by atoms with E-state index in [1.807, 2.05) is 6.20 Å². The minimum Gasteiger partial charge on any atom is -0.456 e. The number of ether oxygens (including phenoxy) is 1. The van der Waals surface area contributed by atoms with Crippen molar-refractivity contribution in [1.29, 1.82) is 0 Å². The smallest absolute Gasteiger partial charge is 0.140 e. The third kappa shape index (κ3) is 3.72. The summed E-state index contributed by atoms with van der Waals surface area (Å²) in [6, 6.07) is 20.5. The maximum atomic E-state index is 6.92. The van der Waals surface area contributed by atoms with Gasteiger partial charge < -0.3 is 4.74 Å². The third-order valence-corrected chi connectivity index (χ3v) is 8.45. The highest BCUT2D eigenvalue weighted by Gasteiger charge is 2.29. The Kier molecular flexibility index (Phi) is 5.12. The molecule has 37 heavy (non-hydrogen) atoms. The molecule has 0 spiro atoms. The highest BCUT2D eigenvalue weighted by atomic mass is 16.5. The Morgan fingerprint density at radius 1 is 0.865 bits per heavy atom. The highest BCUT2D eigenvalue weighted by molar-refractivity contribution is 6.17. The van der Waals surface area contributed by atoms with Crippen LogP contribution in [0.2, 0.25) is 0 Å². The van der Waals surface area contributed by atoms with Crippen LogP contribution in [0.15, 0.2) is 60.8 Å². The maximum Gasteiger partial charge on any atom is 0.140 e. The topological polar surface area (TPSA) is 22.1 Å². The second-order valence-electron chi connectivity index (χ2n) is 12.5. The summed E-state index contributed by atoms with van der Waals surface area (Å²) in [6.45, 7) is 9.10. The lowest BCUT2D eigenvalue weighted by atomic mass is 9.80. The van der Waals surface area contributed by atoms with Crippen LogP contribution in [0.3, 0.4) is 0 Å². The predicted molar refractivity (Wildman–Crippen MR) is 156 cm³/mol. The molecule has 1 aliphatic heterocycles. The summed E-state index contributed by atoms with van der Waals surface area (Å²) in [5.74, 6) is 2.58. The van der Waals surface area contributed by atoms with Crippen LogP contribution in [-0.2, 0) is 6.42 Å². The van der Waals surface area contributed by atoms with Crippen LogP contribution in [0, 0.1) is 12.3 Å². The Morgan fingerprint density at radius 3 is 2.51 bits per heavy atom. The molecule has 5 aromatic rings. The van der Waals surface area contributed by atoms with Gasteiger partial charge in [-0.25, -0.2) is 0 Å². The van der Waals surface area contributed by atoms with Crippen LogP contribution >= 0.6 is 0 Å². The molecule has 2 heterocycles. The van der Waals surface area contributed by atoms with Gasteiger partial charge in [0.2, 0.25) is 0 Å². The lowest BCUT2D eigenvalue weighted by molar-refractivity contribution is 0.400. The zero-order valence-corrected chi connectivity index (χ0v) is 22.4. The van der Waals surface area contributed by atoms with Gasteiger partial charge in [0.25, 0.3) is 0 Å². The maximum absolute atomic E-state index is 6.92. The molecule has 0 radical (unpaired) electrons. The van der Waals surface area contributed by atoms with E-state index in [-0.39, 0.29) is 5.41 Å². The number of hydrogen-bond donors (Lipinski definition) is 0. The van der Waals surface area contributed by atoms with Crippen LogP contribution in [0.1, 0.15) is 75.5 Å². The fourth-order valence-corrected chi connectivity index (χ4v) is 6.88. The molecule has 1 saturated carbocycles. The van der Waals surface area contributed by atoms with E-state index in [1.165, 1.54) is 81.1 Å². The van der Waals surface area contributed by atoms with Gasteiger partial charge in [0.05, 0.1) is 11.1 Å². The molecule has 2 aliphatic rings. The molecular formula is C35H35NO. The summed E-state index contributed by atoms with van der Waals surface area (Å²) >= 11 is 0. The average molecular weight is 486 g/mol. The first-order chi connectivity index (χ1) is 17.9. The molecule has 2 nitrogen and oxygen atoms in total. The Balaban J connectivity index is 1.55. The van der Waals surface area contributed by atoms with Gasteiger partial charge in [-0.05, 0) is 88.2 Å². The van der Waals surface area contributed by atoms with Crippen LogP contribution in [0.5, 0.6) is 11.5 Å². The SMILES string of the molecule is Cc1ccc2c(CC(C)(C)C)c3c(cc2c1)-c1nccc2c1c(cc1cccc(C4CCCCC4)c12)O3. The number of rotatable bonds is 2. The summed E-state index contributed by atoms with van der Waals surface area (Å²) < 4.78 is 6.92. The third-order valence-electron chi connectivity index (χ3n) is 8.45. The number of nitrogens with zero attached hydrogens (tertiary/aromatic N) is 1. The zero-order valence-electron chi connectivity index (χ0n) is 22.4. The molecule has 2 heteroatoms. The van der Waals surface area contributed by atoms with Gasteiger partial charge >= 0.3 is 0 Å². The van der Waals surface area contributed by atoms with Crippen molar-refractivity contribution in [1.82, 2.24) is 4.98 Å². The Bertz CT molecular complexity index is 1700. The minimum atomic E-state index is 0.133. The summed E-state index contributed by atoms with van der Waals surface area (Å²) in [4.78, 5) is 5.01. The Labute approximate surface area is 219 Å². The molecule has 4 aromatic carbocycles. The second-order valence-corrected chi connectivity index (χ2v) is 12.5. The lowest BCUT2D eigenvalue weighted by Gasteiger charge is -2.29. The van der Waals surface area contributed by atoms with E-state index in [0.29, 0.717) is 5.92 Å². The summed E-state index contributed by atoms with van der Waals surface area (Å²) in [5, 5.41) is 7.68. The minimum absolute atomic E-state index is 0.133. The average Bonchev–Trinajstić information content (AvgIpc) is 2.88. The van der Waals surface area contributed by atoms with Crippen molar-refractivity contribution in [2.45, 2.75) is 72.1 Å². The van der Waals surface area contributed by atoms with Crippen LogP contribution in [0.4, 0.5) is 0 Å². The molecule has 0 N–H and O–H groups in total. The van der Waals surface area contributed by atoms with Crippen molar-refractivity contribution in [2.24, 2.45) is 5.41 Å². The van der Waals surface area contributed by atoms with Crippen molar-refractivity contribution in [3.05, 3.63) is 77.5 Å². The first kappa shape index (κ1) is 22.8. The number of fused-ring (bicyclic) bond motifs is 5. The van der Waals surface area contributed by atoms with E-state index in [1.54, 1.807) is 0 Å². The molecule has 7 rings (SSSR count). The van der Waals surface area contributed by atoms with Crippen LogP contribution < -0.4 is 4.74 Å². The van der Waals surface area contributed by atoms with Crippen molar-refractivity contribution in [2.75, 3.05) is 0 Å². The lowest BCUT2D eigenvalue weighted by Crippen LogP contribution is -2.12. The number of aromatic nitrogens is 1. The van der Waals surface area contributed by atoms with Gasteiger partial charge in [-0.1, -0.05) is 82.0 Å². The van der Waals surface area contributed by atoms with E-state index in [0.717, 1.165) is 29.2 Å². The Hall–Kier alpha value is -3.39. The summed E-state index contributed by atoms with van der Waals surface area (Å²) in [5.41, 5.74) is 6.40. The van der Waals surface area contributed by atoms with E-state index in [9.17, 15) is 0 Å². The molecule has 0 unspecified atom stereocenters. The van der Waals surface area contributed by atoms with Crippen LogP contribution in [-0.4, -0.2) is 4.98 Å². The van der Waals surface area contributed by atoms with Crippen LogP contribution in [0.25, 0.3) is 43.6 Å². The number of aryl methyl sites for hydroxylation is 1. The summed E-state index contributed by atoms with van der Waals surface area (Å²) in [6.07, 6.45) is 9.59. The molecule has 1 aromatic heterocycles. The normalized spacial score (nSPS) is 15.8. The van der Waals surface area contributed by atoms with E-state index in [4.69, 9.17) is 9.72 Å². The Morgan fingerprint density at radius 2 is 1.70 bits per heavy atom. The first-order valence-electron chi connectivity index (χ1n) is 14.0. The van der Waals surface area contributed by atoms with Gasteiger partial charge in [0.1, 0.15) is 11.5 Å². The molecule has 0 bridgehead atoms. The monoisotopic (exact) mass is 485 g/mol. The molecule has 0 saturated heterocycles. The van der Waals surface area contributed by atoms with Crippen molar-refractivity contribution in [3.63, 3.8) is 0 Å². The number of pyridine rings is 1. The highest BCUT2D eigenvalue weighted by Crippen LogP contribution is 2.52. The predicted octanol–water partition coefficient (Wildman–Crippen LogP) is 10.3. The van der Waals surface area contributed by atoms with Crippen molar-refractivity contribution >= 4 is 32.3 Å². The zero-order chi connectivity index (χ0) is 25.3. The van der Waals surface area contributed by atoms with E-state index in [2.05, 4.69) is 82.3 Å². The molecule has 1 aliphatic carbocycles. The fraction of sp³-hybridized carbons (Fsp3) is 0.343. The fourth-order valence-electron chi connectivity index (χ4n) is 6.88. The number of hydrogen-bond acceptors (Lipinski definition) is 2. The van der Waals surface area contributed by atoms with E-state index < -0.39 is 0 Å². The molecule has 186 valence electrons. The van der Waals surface area contributed by atoms with Crippen molar-refractivity contribution < 1.29 is 4.74 Å². The molecule has 0 atom stereocenters. The summed E-state index contributed by atoms with van der Waals surface area (Å²) in [7, 11) is 0. The van der Waals surface area contributed by atoms with Crippen molar-refractivity contribution in [3.8, 4) is 22.8 Å². The van der Waals surface area contributed by atoms with Gasteiger partial charge in [-0.15, -0.1) is 0 Å². The molecule has 0 amide bonds. The van der Waals surface area contributed by atoms with Gasteiger partial charge in [0.15, 0.2) is 0 Å².